The van der Waals surface area contributed by atoms with Crippen molar-refractivity contribution in [3.8, 4) is 0 Å². The van der Waals surface area contributed by atoms with Gasteiger partial charge < -0.3 is 34.1 Å². The molecule has 3 aliphatic rings. The monoisotopic (exact) mass is 742 g/mol. The van der Waals surface area contributed by atoms with Crippen LogP contribution in [0.1, 0.15) is 61.9 Å². The minimum Gasteiger partial charge on any atom is -0.481 e. The van der Waals surface area contributed by atoms with Crippen LogP contribution in [0.25, 0.3) is 10.9 Å². The first-order valence-electron chi connectivity index (χ1n) is 18.0. The number of hydrogen-bond donors (Lipinski definition) is 2. The molecule has 13 heteroatoms. The number of aromatic nitrogens is 1. The number of benzene rings is 2. The number of carboxylic acids is 1. The average molecular weight is 744 g/mol. The summed E-state index contributed by atoms with van der Waals surface area (Å²) in [6, 6.07) is 10.9. The normalized spacial score (nSPS) is 25.5. The Bertz CT molecular complexity index is 1710. The second kappa shape index (κ2) is 16.7. The molecule has 2 aromatic carbocycles. The fourth-order valence-electron chi connectivity index (χ4n) is 7.96. The second-order valence-corrected chi connectivity index (χ2v) is 14.7. The minimum absolute atomic E-state index is 0.0283. The lowest BCUT2D eigenvalue weighted by atomic mass is 9.87. The molecule has 6 rings (SSSR count). The molecule has 1 saturated carbocycles. The van der Waals surface area contributed by atoms with Crippen LogP contribution in [-0.4, -0.2) is 107 Å². The number of hydrogen-bond acceptors (Lipinski definition) is 7. The van der Waals surface area contributed by atoms with Gasteiger partial charge in [-0.3, -0.25) is 19.3 Å². The third kappa shape index (κ3) is 8.56. The number of anilines is 1. The van der Waals surface area contributed by atoms with Gasteiger partial charge in [0, 0.05) is 68.1 Å². The van der Waals surface area contributed by atoms with Crippen LogP contribution >= 0.6 is 23.2 Å². The Morgan fingerprint density at radius 3 is 2.27 bits per heavy atom. The molecule has 51 heavy (non-hydrogen) atoms. The first-order valence-corrected chi connectivity index (χ1v) is 18.8. The van der Waals surface area contributed by atoms with Crippen LogP contribution in [0.4, 0.5) is 5.69 Å². The van der Waals surface area contributed by atoms with Crippen LogP contribution in [0, 0.1) is 5.92 Å². The van der Waals surface area contributed by atoms with E-state index in [4.69, 9.17) is 37.4 Å². The zero-order chi connectivity index (χ0) is 36.2. The average Bonchev–Trinajstić information content (AvgIpc) is 3.82. The highest BCUT2D eigenvalue weighted by Gasteiger charge is 2.44. The van der Waals surface area contributed by atoms with Gasteiger partial charge in [0.2, 0.25) is 5.91 Å². The molecule has 3 heterocycles. The van der Waals surface area contributed by atoms with Gasteiger partial charge in [0.1, 0.15) is 0 Å². The number of amides is 2. The molecule has 2 N–H and O–H groups in total. The van der Waals surface area contributed by atoms with Gasteiger partial charge in [-0.15, -0.1) is 0 Å². The van der Waals surface area contributed by atoms with Crippen LogP contribution in [0.3, 0.4) is 0 Å². The lowest BCUT2D eigenvalue weighted by Crippen LogP contribution is -2.41. The van der Waals surface area contributed by atoms with Crippen molar-refractivity contribution in [1.82, 2.24) is 14.4 Å². The number of fused-ring (bicyclic) bond motifs is 1. The van der Waals surface area contributed by atoms with E-state index in [-0.39, 0.29) is 59.6 Å². The van der Waals surface area contributed by atoms with Crippen molar-refractivity contribution in [2.24, 2.45) is 13.0 Å². The van der Waals surface area contributed by atoms with Crippen molar-refractivity contribution < 1.29 is 33.7 Å². The van der Waals surface area contributed by atoms with E-state index >= 15 is 0 Å². The molecule has 2 amide bonds. The molecule has 0 radical (unpaired) electrons. The molecule has 1 aliphatic carbocycles. The van der Waals surface area contributed by atoms with E-state index in [2.05, 4.69) is 10.2 Å². The smallest absolute Gasteiger partial charge is 0.306 e. The SMILES string of the molecule is CCOC1CN([C@H]2C[C@@H](COC3CCC(C(=O)O)CC3)N(C(=O)Cc3cc(Cl)c(NC(=O)c4cn(C)c5ccccc45)cc3Cl)C2)C[C@@H]1OCC. The molecule has 4 atom stereocenters. The molecule has 11 nitrogen and oxygen atoms in total. The van der Waals surface area contributed by atoms with Crippen molar-refractivity contribution in [1.29, 1.82) is 0 Å². The van der Waals surface area contributed by atoms with E-state index in [0.717, 1.165) is 30.4 Å². The van der Waals surface area contributed by atoms with Crippen LogP contribution in [0.2, 0.25) is 10.0 Å². The van der Waals surface area contributed by atoms with Gasteiger partial charge in [0.25, 0.3) is 5.91 Å². The molecular formula is C38H48Cl2N4O7. The molecule has 0 spiro atoms. The van der Waals surface area contributed by atoms with Gasteiger partial charge in [-0.25, -0.2) is 0 Å². The second-order valence-electron chi connectivity index (χ2n) is 13.9. The standard InChI is InChI=1S/C38H48Cl2N4O7/c1-4-49-34-20-43(21-35(34)50-5-2)25-16-26(22-51-27-12-10-23(11-13-27)38(47)48)44(18-25)36(45)15-24-14-31(40)32(17-30(24)39)41-37(46)29-19-42(3)33-9-7-6-8-28(29)33/h6-9,14,17,19,23,25-27,34-35H,4-5,10-13,15-16,18,20-22H2,1-3H3,(H,41,46)(H,47,48)/t23?,25-,26-,27?,34-,35?/m0/s1. The Morgan fingerprint density at radius 2 is 1.61 bits per heavy atom. The van der Waals surface area contributed by atoms with Crippen molar-refractivity contribution in [2.45, 2.75) is 82.8 Å². The Balaban J connectivity index is 1.15. The van der Waals surface area contributed by atoms with E-state index in [1.807, 2.05) is 54.6 Å². The number of carbonyl (C=O) groups excluding carboxylic acids is 2. The lowest BCUT2D eigenvalue weighted by molar-refractivity contribution is -0.144. The Labute approximate surface area is 309 Å². The molecule has 2 saturated heterocycles. The fraction of sp³-hybridized carbons (Fsp3) is 0.553. The summed E-state index contributed by atoms with van der Waals surface area (Å²) in [6.45, 7) is 7.54. The summed E-state index contributed by atoms with van der Waals surface area (Å²) in [5, 5.41) is 13.7. The topological polar surface area (TPSA) is 123 Å². The number of aliphatic carboxylic acids is 1. The third-order valence-corrected chi connectivity index (χ3v) is 11.3. The van der Waals surface area contributed by atoms with Gasteiger partial charge in [0.15, 0.2) is 0 Å². The Kier molecular flexibility index (Phi) is 12.3. The zero-order valence-corrected chi connectivity index (χ0v) is 31.0. The van der Waals surface area contributed by atoms with Crippen LogP contribution in [0.5, 0.6) is 0 Å². The van der Waals surface area contributed by atoms with E-state index < -0.39 is 5.97 Å². The summed E-state index contributed by atoms with van der Waals surface area (Å²) in [7, 11) is 1.89. The van der Waals surface area contributed by atoms with Gasteiger partial charge in [-0.05, 0) is 69.7 Å². The number of carboxylic acid groups (broad SMARTS) is 1. The first-order chi connectivity index (χ1) is 24.6. The largest absolute Gasteiger partial charge is 0.481 e. The Hall–Kier alpha value is -3.19. The summed E-state index contributed by atoms with van der Waals surface area (Å²) in [5.74, 6) is -1.46. The van der Waals surface area contributed by atoms with Crippen molar-refractivity contribution in [2.75, 3.05) is 44.8 Å². The highest BCUT2D eigenvalue weighted by atomic mass is 35.5. The molecule has 1 unspecified atom stereocenters. The maximum atomic E-state index is 14.1. The lowest BCUT2D eigenvalue weighted by Gasteiger charge is -2.30. The molecule has 3 fully saturated rings. The summed E-state index contributed by atoms with van der Waals surface area (Å²) in [4.78, 5) is 43.1. The van der Waals surface area contributed by atoms with Crippen molar-refractivity contribution in [3.05, 3.63) is 63.8 Å². The van der Waals surface area contributed by atoms with E-state index in [1.165, 1.54) is 0 Å². The zero-order valence-electron chi connectivity index (χ0n) is 29.5. The fourth-order valence-corrected chi connectivity index (χ4v) is 8.42. The van der Waals surface area contributed by atoms with E-state index in [0.29, 0.717) is 73.9 Å². The predicted octanol–water partition coefficient (Wildman–Crippen LogP) is 6.04. The predicted molar refractivity (Wildman–Crippen MR) is 197 cm³/mol. The van der Waals surface area contributed by atoms with E-state index in [9.17, 15) is 19.5 Å². The van der Waals surface area contributed by atoms with E-state index in [1.54, 1.807) is 18.3 Å². The number of aryl methyl sites for hydroxylation is 1. The molecule has 0 bridgehead atoms. The van der Waals surface area contributed by atoms with Gasteiger partial charge >= 0.3 is 5.97 Å². The summed E-state index contributed by atoms with van der Waals surface area (Å²) < 4.78 is 20.3. The molecule has 3 aromatic rings. The quantitative estimate of drug-likeness (QED) is 0.218. The van der Waals surface area contributed by atoms with Gasteiger partial charge in [-0.2, -0.15) is 0 Å². The minimum atomic E-state index is -0.746. The third-order valence-electron chi connectivity index (χ3n) is 10.6. The number of ether oxygens (including phenoxy) is 3. The Morgan fingerprint density at radius 1 is 0.922 bits per heavy atom. The number of carbonyl (C=O) groups is 3. The number of halogens is 2. The maximum absolute atomic E-state index is 14.1. The molecule has 2 aliphatic heterocycles. The number of nitrogens with zero attached hydrogens (tertiary/aromatic N) is 3. The molecule has 276 valence electrons. The highest BCUT2D eigenvalue weighted by molar-refractivity contribution is 6.36. The summed E-state index contributed by atoms with van der Waals surface area (Å²) in [5.41, 5.74) is 2.39. The number of nitrogens with one attached hydrogen (secondary N) is 1. The maximum Gasteiger partial charge on any atom is 0.306 e. The van der Waals surface area contributed by atoms with Crippen molar-refractivity contribution in [3.63, 3.8) is 0 Å². The highest BCUT2D eigenvalue weighted by Crippen LogP contribution is 2.34. The van der Waals surface area contributed by atoms with Crippen molar-refractivity contribution >= 4 is 57.6 Å². The summed E-state index contributed by atoms with van der Waals surface area (Å²) >= 11 is 13.4. The van der Waals surface area contributed by atoms with Crippen LogP contribution in [-0.2, 0) is 37.3 Å². The number of likely N-dealkylation sites (tertiary alicyclic amines) is 2. The van der Waals surface area contributed by atoms with Gasteiger partial charge in [-0.1, -0.05) is 41.4 Å². The number of rotatable bonds is 13. The molecular weight excluding hydrogens is 695 g/mol. The van der Waals surface area contributed by atoms with Gasteiger partial charge in [0.05, 0.1) is 59.6 Å². The number of para-hydroxylation sites is 1. The summed E-state index contributed by atoms with van der Waals surface area (Å²) in [6.07, 6.45) is 5.04. The molecule has 1 aromatic heterocycles. The van der Waals surface area contributed by atoms with Crippen LogP contribution in [0.15, 0.2) is 42.6 Å². The van der Waals surface area contributed by atoms with Crippen LogP contribution < -0.4 is 5.32 Å². The first kappa shape index (κ1) is 37.6.